The van der Waals surface area contributed by atoms with E-state index in [4.69, 9.17) is 5.11 Å². The number of carboxylic acid groups (broad SMARTS) is 1. The van der Waals surface area contributed by atoms with Crippen molar-refractivity contribution in [3.63, 3.8) is 0 Å². The summed E-state index contributed by atoms with van der Waals surface area (Å²) in [5.74, 6) is -0.787. The van der Waals surface area contributed by atoms with Crippen molar-refractivity contribution < 1.29 is 9.90 Å². The average Bonchev–Trinajstić information content (AvgIpc) is 1.82. The number of rotatable bonds is 2. The summed E-state index contributed by atoms with van der Waals surface area (Å²) in [5.41, 5.74) is 0.518. The Hall–Kier alpha value is -0.573. The first kappa shape index (κ1) is 10.4. The molecule has 0 radical (unpaired) electrons. The van der Waals surface area contributed by atoms with E-state index < -0.39 is 14.0 Å². The number of carboxylic acids is 1. The number of carbonyl (C=O) groups is 1. The van der Waals surface area contributed by atoms with Crippen LogP contribution in [0.1, 0.15) is 13.8 Å². The molecule has 0 fully saturated rings. The minimum absolute atomic E-state index is 0.518. The zero-order chi connectivity index (χ0) is 9.23. The predicted molar refractivity (Wildman–Crippen MR) is 49.4 cm³/mol. The Balaban J connectivity index is 4.82. The molecule has 0 unspecified atom stereocenters. The fourth-order valence-electron chi connectivity index (χ4n) is 0.723. The Kier molecular flexibility index (Phi) is 3.05. The summed E-state index contributed by atoms with van der Waals surface area (Å²) < 4.78 is 0. The van der Waals surface area contributed by atoms with Crippen molar-refractivity contribution in [1.29, 1.82) is 0 Å². The van der Waals surface area contributed by atoms with Gasteiger partial charge in [0.1, 0.15) is 0 Å². The lowest BCUT2D eigenvalue weighted by molar-refractivity contribution is -0.132. The van der Waals surface area contributed by atoms with Crippen molar-refractivity contribution in [1.82, 2.24) is 0 Å². The molecule has 2 nitrogen and oxygen atoms in total. The molecular formula is C8H16O2Si. The molecule has 11 heavy (non-hydrogen) atoms. The molecule has 0 aliphatic carbocycles. The maximum absolute atomic E-state index is 10.6. The van der Waals surface area contributed by atoms with Crippen molar-refractivity contribution in [2.24, 2.45) is 0 Å². The van der Waals surface area contributed by atoms with Gasteiger partial charge in [0, 0.05) is 5.57 Å². The Morgan fingerprint density at radius 1 is 1.18 bits per heavy atom. The smallest absolute Gasteiger partial charge is 0.330 e. The molecule has 0 aliphatic rings. The van der Waals surface area contributed by atoms with Crippen molar-refractivity contribution in [3.05, 3.63) is 10.8 Å². The van der Waals surface area contributed by atoms with Crippen LogP contribution in [0.3, 0.4) is 0 Å². The number of allylic oxidation sites excluding steroid dienone is 1. The van der Waals surface area contributed by atoms with Crippen LogP contribution in [0.15, 0.2) is 10.8 Å². The van der Waals surface area contributed by atoms with Crippen molar-refractivity contribution in [3.8, 4) is 0 Å². The average molecular weight is 172 g/mol. The van der Waals surface area contributed by atoms with Gasteiger partial charge in [0.2, 0.25) is 0 Å². The summed E-state index contributed by atoms with van der Waals surface area (Å²) in [4.78, 5) is 10.6. The lowest BCUT2D eigenvalue weighted by Crippen LogP contribution is -2.24. The summed E-state index contributed by atoms with van der Waals surface area (Å²) in [6, 6.07) is 0. The number of hydrogen-bond acceptors (Lipinski definition) is 1. The zero-order valence-corrected chi connectivity index (χ0v) is 8.86. The van der Waals surface area contributed by atoms with E-state index in [1.807, 2.05) is 6.92 Å². The van der Waals surface area contributed by atoms with Gasteiger partial charge in [-0.3, -0.25) is 0 Å². The summed E-state index contributed by atoms with van der Waals surface area (Å²) in [5, 5.41) is 9.75. The first-order valence-corrected chi connectivity index (χ1v) is 7.18. The summed E-state index contributed by atoms with van der Waals surface area (Å²) in [6.45, 7) is 10.0. The maximum Gasteiger partial charge on any atom is 0.330 e. The largest absolute Gasteiger partial charge is 0.478 e. The first-order valence-electron chi connectivity index (χ1n) is 3.68. The highest BCUT2D eigenvalue weighted by atomic mass is 28.3. The Morgan fingerprint density at radius 2 is 1.55 bits per heavy atom. The molecule has 0 atom stereocenters. The molecular weight excluding hydrogens is 156 g/mol. The van der Waals surface area contributed by atoms with Crippen LogP contribution in [0.25, 0.3) is 0 Å². The lowest BCUT2D eigenvalue weighted by atomic mass is 10.3. The van der Waals surface area contributed by atoms with Crippen LogP contribution >= 0.6 is 0 Å². The van der Waals surface area contributed by atoms with Gasteiger partial charge in [-0.05, 0) is 13.8 Å². The molecule has 1 N–H and O–H groups in total. The molecule has 3 heteroatoms. The van der Waals surface area contributed by atoms with Crippen LogP contribution in [-0.2, 0) is 4.79 Å². The fraction of sp³-hybridized carbons (Fsp3) is 0.625. The SMILES string of the molecule is C/C(C(=O)O)=C(\C)[Si](C)(C)C. The second-order valence-corrected chi connectivity index (χ2v) is 9.06. The van der Waals surface area contributed by atoms with Crippen molar-refractivity contribution in [2.75, 3.05) is 0 Å². The van der Waals surface area contributed by atoms with Crippen LogP contribution < -0.4 is 0 Å². The van der Waals surface area contributed by atoms with E-state index in [2.05, 4.69) is 19.6 Å². The Labute approximate surface area is 68.9 Å². The monoisotopic (exact) mass is 172 g/mol. The predicted octanol–water partition coefficient (Wildman–Crippen LogP) is 2.28. The minimum atomic E-state index is -1.39. The van der Waals surface area contributed by atoms with Crippen LogP contribution in [-0.4, -0.2) is 19.1 Å². The third-order valence-electron chi connectivity index (χ3n) is 2.01. The molecule has 0 amide bonds. The van der Waals surface area contributed by atoms with Gasteiger partial charge in [0.25, 0.3) is 0 Å². The molecule has 0 heterocycles. The van der Waals surface area contributed by atoms with Gasteiger partial charge >= 0.3 is 5.97 Å². The van der Waals surface area contributed by atoms with Gasteiger partial charge in [-0.1, -0.05) is 24.8 Å². The third-order valence-corrected chi connectivity index (χ3v) is 4.63. The van der Waals surface area contributed by atoms with Crippen LogP contribution in [0, 0.1) is 0 Å². The molecule has 0 saturated heterocycles. The summed E-state index contributed by atoms with van der Waals surface area (Å²) in [6.07, 6.45) is 0. The fourth-order valence-corrected chi connectivity index (χ4v) is 1.95. The topological polar surface area (TPSA) is 37.3 Å². The molecule has 0 bridgehead atoms. The summed E-state index contributed by atoms with van der Waals surface area (Å²) in [7, 11) is -1.39. The van der Waals surface area contributed by atoms with Gasteiger partial charge in [0.15, 0.2) is 0 Å². The van der Waals surface area contributed by atoms with E-state index >= 15 is 0 Å². The zero-order valence-electron chi connectivity index (χ0n) is 7.86. The Morgan fingerprint density at radius 3 is 1.64 bits per heavy atom. The first-order chi connectivity index (χ1) is 4.76. The third kappa shape index (κ3) is 2.88. The molecule has 0 saturated carbocycles. The van der Waals surface area contributed by atoms with Gasteiger partial charge in [-0.2, -0.15) is 0 Å². The summed E-state index contributed by atoms with van der Waals surface area (Å²) >= 11 is 0. The van der Waals surface area contributed by atoms with Crippen LogP contribution in [0.5, 0.6) is 0 Å². The van der Waals surface area contributed by atoms with Gasteiger partial charge in [0.05, 0.1) is 8.07 Å². The molecule has 64 valence electrons. The van der Waals surface area contributed by atoms with Gasteiger partial charge in [-0.15, -0.1) is 0 Å². The Bertz CT molecular complexity index is 199. The van der Waals surface area contributed by atoms with Crippen molar-refractivity contribution >= 4 is 14.0 Å². The normalized spacial score (nSPS) is 14.3. The molecule has 0 aromatic heterocycles. The second-order valence-electron chi connectivity index (χ2n) is 3.81. The highest BCUT2D eigenvalue weighted by Crippen LogP contribution is 2.17. The second kappa shape index (κ2) is 3.22. The molecule has 0 aliphatic heterocycles. The number of aliphatic carboxylic acids is 1. The molecule has 0 spiro atoms. The van der Waals surface area contributed by atoms with Crippen molar-refractivity contribution in [2.45, 2.75) is 33.5 Å². The highest BCUT2D eigenvalue weighted by molar-refractivity contribution is 6.83. The van der Waals surface area contributed by atoms with Crippen LogP contribution in [0.4, 0.5) is 0 Å². The van der Waals surface area contributed by atoms with Gasteiger partial charge < -0.3 is 5.11 Å². The lowest BCUT2D eigenvalue weighted by Gasteiger charge is -2.18. The molecule has 0 aromatic rings. The van der Waals surface area contributed by atoms with Crippen LogP contribution in [0.2, 0.25) is 19.6 Å². The van der Waals surface area contributed by atoms with E-state index in [1.165, 1.54) is 0 Å². The van der Waals surface area contributed by atoms with E-state index in [-0.39, 0.29) is 0 Å². The quantitative estimate of drug-likeness (QED) is 0.512. The van der Waals surface area contributed by atoms with E-state index in [0.717, 1.165) is 5.20 Å². The molecule has 0 aromatic carbocycles. The maximum atomic E-state index is 10.6. The van der Waals surface area contributed by atoms with E-state index in [9.17, 15) is 4.79 Å². The number of hydrogen-bond donors (Lipinski definition) is 1. The molecule has 0 rings (SSSR count). The highest BCUT2D eigenvalue weighted by Gasteiger charge is 2.19. The minimum Gasteiger partial charge on any atom is -0.478 e. The van der Waals surface area contributed by atoms with E-state index in [1.54, 1.807) is 6.92 Å². The standard InChI is InChI=1S/C8H16O2Si/c1-6(8(9)10)7(2)11(3,4)5/h1-5H3,(H,9,10)/b7-6-. The van der Waals surface area contributed by atoms with Gasteiger partial charge in [-0.25, -0.2) is 4.79 Å². The van der Waals surface area contributed by atoms with E-state index in [0.29, 0.717) is 5.57 Å².